The first-order chi connectivity index (χ1) is 16.1. The summed E-state index contributed by atoms with van der Waals surface area (Å²) in [5, 5.41) is 11.4. The fraction of sp³-hybridized carbons (Fsp3) is 0.400. The van der Waals surface area contributed by atoms with Crippen molar-refractivity contribution in [3.05, 3.63) is 53.6 Å². The molecule has 174 valence electrons. The maximum Gasteiger partial charge on any atom is 0.255 e. The maximum absolute atomic E-state index is 14.7. The molecule has 1 amide bonds. The number of halogens is 1. The van der Waals surface area contributed by atoms with Gasteiger partial charge in [-0.2, -0.15) is 0 Å². The van der Waals surface area contributed by atoms with Crippen molar-refractivity contribution < 1.29 is 18.7 Å². The molecule has 2 aromatic carbocycles. The van der Waals surface area contributed by atoms with Crippen molar-refractivity contribution >= 4 is 11.6 Å². The topological polar surface area (TPSA) is 78.3 Å². The predicted molar refractivity (Wildman–Crippen MR) is 124 cm³/mol. The summed E-state index contributed by atoms with van der Waals surface area (Å²) in [7, 11) is 0. The molecule has 1 aromatic heterocycles. The maximum atomic E-state index is 14.7. The van der Waals surface area contributed by atoms with E-state index in [2.05, 4.69) is 15.5 Å². The Balaban J connectivity index is 1.57. The van der Waals surface area contributed by atoms with E-state index in [1.54, 1.807) is 30.3 Å². The van der Waals surface area contributed by atoms with Crippen LogP contribution in [0.2, 0.25) is 0 Å². The molecule has 0 atom stereocenters. The second-order valence-corrected chi connectivity index (χ2v) is 7.99. The van der Waals surface area contributed by atoms with Crippen molar-refractivity contribution in [2.24, 2.45) is 0 Å². The van der Waals surface area contributed by atoms with Crippen molar-refractivity contribution in [3.63, 3.8) is 0 Å². The zero-order valence-corrected chi connectivity index (χ0v) is 19.1. The molecule has 0 saturated heterocycles. The number of ether oxygens (including phenoxy) is 2. The summed E-state index contributed by atoms with van der Waals surface area (Å²) >= 11 is 0. The predicted octanol–water partition coefficient (Wildman–Crippen LogP) is 5.25. The van der Waals surface area contributed by atoms with Gasteiger partial charge in [-0.15, -0.1) is 10.2 Å². The summed E-state index contributed by atoms with van der Waals surface area (Å²) in [4.78, 5) is 12.9. The number of aryl methyl sites for hydroxylation is 1. The minimum absolute atomic E-state index is 0.323. The van der Waals surface area contributed by atoms with E-state index in [1.165, 1.54) is 6.07 Å². The third kappa shape index (κ3) is 5.16. The Hall–Kier alpha value is -3.42. The Kier molecular flexibility index (Phi) is 7.22. The van der Waals surface area contributed by atoms with Crippen molar-refractivity contribution in [2.75, 3.05) is 18.5 Å². The molecule has 0 aliphatic carbocycles. The number of hydrogen-bond donors (Lipinski definition) is 1. The van der Waals surface area contributed by atoms with Gasteiger partial charge in [-0.25, -0.2) is 4.39 Å². The molecule has 4 rings (SSSR count). The lowest BCUT2D eigenvalue weighted by Crippen LogP contribution is -2.13. The number of hydrogen-bond acceptors (Lipinski definition) is 5. The quantitative estimate of drug-likeness (QED) is 0.505. The SMILES string of the molecule is CCCOc1ccc(C(=O)Nc2ccc(F)c(-c3nnc4n3CCCCC4)c2)cc1OCC. The van der Waals surface area contributed by atoms with Crippen molar-refractivity contribution in [2.45, 2.75) is 52.5 Å². The third-order valence-corrected chi connectivity index (χ3v) is 5.54. The van der Waals surface area contributed by atoms with E-state index in [-0.39, 0.29) is 5.91 Å². The summed E-state index contributed by atoms with van der Waals surface area (Å²) < 4.78 is 28.1. The normalized spacial score (nSPS) is 13.2. The average Bonchev–Trinajstić information content (AvgIpc) is 3.07. The van der Waals surface area contributed by atoms with Crippen LogP contribution in [0.3, 0.4) is 0 Å². The highest BCUT2D eigenvalue weighted by atomic mass is 19.1. The van der Waals surface area contributed by atoms with Gasteiger partial charge < -0.3 is 19.4 Å². The van der Waals surface area contributed by atoms with Crippen LogP contribution in [0.4, 0.5) is 10.1 Å². The number of anilines is 1. The molecule has 0 saturated carbocycles. The number of aromatic nitrogens is 3. The van der Waals surface area contributed by atoms with Crippen molar-refractivity contribution in [1.29, 1.82) is 0 Å². The molecule has 0 unspecified atom stereocenters. The molecule has 0 radical (unpaired) electrons. The number of amides is 1. The molecular weight excluding hydrogens is 423 g/mol. The van der Waals surface area contributed by atoms with Gasteiger partial charge in [-0.3, -0.25) is 4.79 Å². The number of benzene rings is 2. The molecule has 7 nitrogen and oxygen atoms in total. The van der Waals surface area contributed by atoms with Gasteiger partial charge in [-0.1, -0.05) is 13.3 Å². The van der Waals surface area contributed by atoms with Crippen LogP contribution in [0.1, 0.15) is 55.7 Å². The Morgan fingerprint density at radius 1 is 1.06 bits per heavy atom. The number of nitrogens with one attached hydrogen (secondary N) is 1. The Morgan fingerprint density at radius 3 is 2.76 bits per heavy atom. The summed E-state index contributed by atoms with van der Waals surface area (Å²) in [5.41, 5.74) is 1.22. The molecule has 2 heterocycles. The highest BCUT2D eigenvalue weighted by molar-refractivity contribution is 6.04. The van der Waals surface area contributed by atoms with Gasteiger partial charge in [0, 0.05) is 24.2 Å². The molecule has 0 fully saturated rings. The van der Waals surface area contributed by atoms with Crippen LogP contribution in [0.25, 0.3) is 11.4 Å². The summed E-state index contributed by atoms with van der Waals surface area (Å²) in [5.74, 6) is 1.78. The monoisotopic (exact) mass is 452 g/mol. The average molecular weight is 453 g/mol. The molecule has 3 aromatic rings. The second kappa shape index (κ2) is 10.5. The Labute approximate surface area is 192 Å². The molecule has 1 aliphatic rings. The van der Waals surface area contributed by atoms with Gasteiger partial charge in [0.15, 0.2) is 17.3 Å². The first-order valence-electron chi connectivity index (χ1n) is 11.5. The van der Waals surface area contributed by atoms with E-state index in [4.69, 9.17) is 9.47 Å². The van der Waals surface area contributed by atoms with Gasteiger partial charge in [0.2, 0.25) is 0 Å². The molecule has 1 N–H and O–H groups in total. The van der Waals surface area contributed by atoms with E-state index in [1.807, 2.05) is 18.4 Å². The molecule has 0 bridgehead atoms. The third-order valence-electron chi connectivity index (χ3n) is 5.54. The smallest absolute Gasteiger partial charge is 0.255 e. The van der Waals surface area contributed by atoms with Crippen LogP contribution in [-0.4, -0.2) is 33.9 Å². The summed E-state index contributed by atoms with van der Waals surface area (Å²) in [6.07, 6.45) is 4.90. The standard InChI is InChI=1S/C25H29FN4O3/c1-3-14-33-21-12-9-17(15-22(21)32-4-2)25(31)27-18-10-11-20(26)19(16-18)24-29-28-23-8-6-5-7-13-30(23)24/h9-12,15-16H,3-8,13-14H2,1-2H3,(H,27,31). The summed E-state index contributed by atoms with van der Waals surface area (Å²) in [6.45, 7) is 5.69. The fourth-order valence-electron chi connectivity index (χ4n) is 3.91. The van der Waals surface area contributed by atoms with Gasteiger partial charge in [0.05, 0.1) is 18.8 Å². The van der Waals surface area contributed by atoms with Gasteiger partial charge in [0.25, 0.3) is 5.91 Å². The van der Waals surface area contributed by atoms with Gasteiger partial charge in [-0.05, 0) is 62.6 Å². The molecular formula is C25H29FN4O3. The zero-order chi connectivity index (χ0) is 23.2. The lowest BCUT2D eigenvalue weighted by atomic mass is 10.1. The van der Waals surface area contributed by atoms with E-state index < -0.39 is 5.82 Å². The van der Waals surface area contributed by atoms with Crippen molar-refractivity contribution in [3.8, 4) is 22.9 Å². The minimum Gasteiger partial charge on any atom is -0.490 e. The molecule has 1 aliphatic heterocycles. The number of nitrogens with zero attached hydrogens (tertiary/aromatic N) is 3. The lowest BCUT2D eigenvalue weighted by molar-refractivity contribution is 0.102. The van der Waals surface area contributed by atoms with Gasteiger partial charge in [0.1, 0.15) is 11.6 Å². The van der Waals surface area contributed by atoms with Crippen LogP contribution < -0.4 is 14.8 Å². The minimum atomic E-state index is -0.400. The van der Waals surface area contributed by atoms with Crippen LogP contribution in [0, 0.1) is 5.82 Å². The number of carbonyl (C=O) groups is 1. The number of fused-ring (bicyclic) bond motifs is 1. The van der Waals surface area contributed by atoms with Crippen LogP contribution in [0.5, 0.6) is 11.5 Å². The lowest BCUT2D eigenvalue weighted by Gasteiger charge is -2.13. The van der Waals surface area contributed by atoms with Gasteiger partial charge >= 0.3 is 0 Å². The van der Waals surface area contributed by atoms with E-state index in [0.29, 0.717) is 47.4 Å². The highest BCUT2D eigenvalue weighted by Gasteiger charge is 2.20. The first-order valence-corrected chi connectivity index (χ1v) is 11.5. The Bertz CT molecular complexity index is 1130. The number of carbonyl (C=O) groups excluding carboxylic acids is 1. The highest BCUT2D eigenvalue weighted by Crippen LogP contribution is 2.30. The Morgan fingerprint density at radius 2 is 1.94 bits per heavy atom. The van der Waals surface area contributed by atoms with E-state index >= 15 is 0 Å². The largest absolute Gasteiger partial charge is 0.490 e. The molecule has 33 heavy (non-hydrogen) atoms. The first kappa shape index (κ1) is 22.8. The van der Waals surface area contributed by atoms with Crippen LogP contribution in [-0.2, 0) is 13.0 Å². The molecule has 0 spiro atoms. The van der Waals surface area contributed by atoms with Crippen molar-refractivity contribution in [1.82, 2.24) is 14.8 Å². The van der Waals surface area contributed by atoms with E-state index in [0.717, 1.165) is 44.5 Å². The van der Waals surface area contributed by atoms with Crippen LogP contribution in [0.15, 0.2) is 36.4 Å². The van der Waals surface area contributed by atoms with E-state index in [9.17, 15) is 9.18 Å². The number of rotatable bonds is 8. The fourth-order valence-corrected chi connectivity index (χ4v) is 3.91. The van der Waals surface area contributed by atoms with Crippen LogP contribution >= 0.6 is 0 Å². The molecule has 8 heteroatoms. The zero-order valence-electron chi connectivity index (χ0n) is 19.1. The summed E-state index contributed by atoms with van der Waals surface area (Å²) in [6, 6.07) is 9.57. The second-order valence-electron chi connectivity index (χ2n) is 7.99.